The summed E-state index contributed by atoms with van der Waals surface area (Å²) in [5.74, 6) is 0.879. The number of hydrogen-bond donors (Lipinski definition) is 0. The van der Waals surface area contributed by atoms with Crippen molar-refractivity contribution in [1.29, 1.82) is 0 Å². The summed E-state index contributed by atoms with van der Waals surface area (Å²) in [4.78, 5) is 14.4. The monoisotopic (exact) mass is 511 g/mol. The van der Waals surface area contributed by atoms with Gasteiger partial charge in [0.2, 0.25) is 0 Å². The smallest absolute Gasteiger partial charge is 0.138 e. The molecule has 0 aliphatic heterocycles. The van der Waals surface area contributed by atoms with Crippen molar-refractivity contribution in [3.8, 4) is 11.5 Å². The summed E-state index contributed by atoms with van der Waals surface area (Å²) < 4.78 is 4.70. The van der Waals surface area contributed by atoms with Crippen LogP contribution in [0.15, 0.2) is 128 Å². The molecule has 9 rings (SSSR count). The summed E-state index contributed by atoms with van der Waals surface area (Å²) in [5.41, 5.74) is 6.50. The normalized spacial score (nSPS) is 12.0. The molecule has 9 aromatic rings. The highest BCUT2D eigenvalue weighted by Crippen LogP contribution is 2.45. The molecule has 5 nitrogen and oxygen atoms in total. The van der Waals surface area contributed by atoms with Gasteiger partial charge in [0.1, 0.15) is 12.1 Å². The molecule has 186 valence electrons. The third kappa shape index (κ3) is 2.78. The number of nitrogens with zero attached hydrogens (tertiary/aromatic N) is 5. The van der Waals surface area contributed by atoms with Crippen LogP contribution in [-0.2, 0) is 0 Å². The first kappa shape index (κ1) is 21.4. The van der Waals surface area contributed by atoms with Crippen LogP contribution >= 0.6 is 0 Å². The molecule has 0 unspecified atom stereocenters. The van der Waals surface area contributed by atoms with Crippen molar-refractivity contribution in [2.75, 3.05) is 0 Å². The molecule has 4 aromatic heterocycles. The van der Waals surface area contributed by atoms with Gasteiger partial charge in [-0.3, -0.25) is 4.57 Å². The maximum atomic E-state index is 5.01. The summed E-state index contributed by atoms with van der Waals surface area (Å²) in [6, 6.07) is 38.4. The summed E-state index contributed by atoms with van der Waals surface area (Å²) in [7, 11) is 0. The van der Waals surface area contributed by atoms with E-state index in [4.69, 9.17) is 9.97 Å². The average molecular weight is 512 g/mol. The Hall–Kier alpha value is -5.55. The van der Waals surface area contributed by atoms with Crippen molar-refractivity contribution in [2.45, 2.75) is 0 Å². The van der Waals surface area contributed by atoms with Crippen LogP contribution in [0.4, 0.5) is 0 Å². The minimum atomic E-state index is 0.879. The van der Waals surface area contributed by atoms with Gasteiger partial charge >= 0.3 is 0 Å². The summed E-state index contributed by atoms with van der Waals surface area (Å²) >= 11 is 0. The molecule has 0 aliphatic rings. The van der Waals surface area contributed by atoms with Crippen molar-refractivity contribution in [3.63, 3.8) is 0 Å². The van der Waals surface area contributed by atoms with Crippen LogP contribution in [0.2, 0.25) is 0 Å². The third-order valence-electron chi connectivity index (χ3n) is 8.05. The average Bonchev–Trinajstić information content (AvgIpc) is 3.55. The molecular formula is C35H21N5. The van der Waals surface area contributed by atoms with Gasteiger partial charge in [-0.1, -0.05) is 78.9 Å². The number of hydrogen-bond acceptors (Lipinski definition) is 3. The molecule has 0 aliphatic carbocycles. The number of aromatic nitrogens is 5. The number of fused-ring (bicyclic) bond motifs is 11. The van der Waals surface area contributed by atoms with E-state index in [2.05, 4.69) is 123 Å². The molecule has 0 radical (unpaired) electrons. The molecule has 0 spiro atoms. The van der Waals surface area contributed by atoms with Gasteiger partial charge in [0.05, 0.1) is 27.6 Å². The highest BCUT2D eigenvalue weighted by molar-refractivity contribution is 6.35. The van der Waals surface area contributed by atoms with E-state index in [1.165, 1.54) is 5.39 Å². The first-order chi connectivity index (χ1) is 19.9. The lowest BCUT2D eigenvalue weighted by Crippen LogP contribution is -2.01. The molecule has 0 atom stereocenters. The minimum Gasteiger partial charge on any atom is -0.307 e. The molecular weight excluding hydrogens is 490 g/mol. The predicted molar refractivity (Wildman–Crippen MR) is 164 cm³/mol. The van der Waals surface area contributed by atoms with Crippen LogP contribution in [0, 0.1) is 0 Å². The van der Waals surface area contributed by atoms with Gasteiger partial charge in [-0.15, -0.1) is 0 Å². The second kappa shape index (κ2) is 7.98. The first-order valence-electron chi connectivity index (χ1n) is 13.4. The molecule has 4 heterocycles. The van der Waals surface area contributed by atoms with E-state index < -0.39 is 0 Å². The van der Waals surface area contributed by atoms with Crippen LogP contribution in [0.25, 0.3) is 76.8 Å². The molecule has 0 saturated carbocycles. The van der Waals surface area contributed by atoms with Crippen molar-refractivity contribution in [2.24, 2.45) is 0 Å². The van der Waals surface area contributed by atoms with Gasteiger partial charge in [-0.2, -0.15) is 0 Å². The zero-order valence-electron chi connectivity index (χ0n) is 21.4. The van der Waals surface area contributed by atoms with Crippen molar-refractivity contribution >= 4 is 65.3 Å². The topological polar surface area (TPSA) is 48.5 Å². The van der Waals surface area contributed by atoms with E-state index in [0.29, 0.717) is 0 Å². The van der Waals surface area contributed by atoms with Gasteiger partial charge in [0.15, 0.2) is 0 Å². The van der Waals surface area contributed by atoms with Gasteiger partial charge in [-0.25, -0.2) is 15.0 Å². The third-order valence-corrected chi connectivity index (χ3v) is 8.05. The van der Waals surface area contributed by atoms with E-state index in [9.17, 15) is 0 Å². The first-order valence-corrected chi connectivity index (χ1v) is 13.4. The van der Waals surface area contributed by atoms with E-state index in [-0.39, 0.29) is 0 Å². The maximum Gasteiger partial charge on any atom is 0.138 e. The molecule has 40 heavy (non-hydrogen) atoms. The molecule has 5 heteroatoms. The Kier molecular flexibility index (Phi) is 4.27. The Morgan fingerprint density at radius 1 is 0.500 bits per heavy atom. The molecule has 5 aromatic carbocycles. The van der Waals surface area contributed by atoms with Crippen molar-refractivity contribution in [1.82, 2.24) is 24.1 Å². The van der Waals surface area contributed by atoms with Gasteiger partial charge in [0, 0.05) is 50.4 Å². The molecule has 0 bridgehead atoms. The Morgan fingerprint density at radius 2 is 1.15 bits per heavy atom. The van der Waals surface area contributed by atoms with E-state index in [0.717, 1.165) is 71.4 Å². The molecule has 0 amide bonds. The Balaban J connectivity index is 1.63. The van der Waals surface area contributed by atoms with E-state index >= 15 is 0 Å². The van der Waals surface area contributed by atoms with E-state index in [1.54, 1.807) is 6.33 Å². The highest BCUT2D eigenvalue weighted by Gasteiger charge is 2.25. The predicted octanol–water partition coefficient (Wildman–Crippen LogP) is 8.37. The fourth-order valence-corrected chi connectivity index (χ4v) is 6.43. The lowest BCUT2D eigenvalue weighted by Gasteiger charge is -2.13. The molecule has 0 fully saturated rings. The highest BCUT2D eigenvalue weighted by atomic mass is 15.1. The minimum absolute atomic E-state index is 0.879. The Labute approximate surface area is 228 Å². The Morgan fingerprint density at radius 3 is 1.98 bits per heavy atom. The zero-order chi connectivity index (χ0) is 26.2. The SMILES string of the molecule is c1ccc(-n2c3ccccc3c3c4cncnc4c4c5ccccc5n(-c5cc6ccccc6cn5)c4c32)cc1. The summed E-state index contributed by atoms with van der Waals surface area (Å²) in [6.07, 6.45) is 5.59. The number of rotatable bonds is 2. The fraction of sp³-hybridized carbons (Fsp3) is 0. The summed E-state index contributed by atoms with van der Waals surface area (Å²) in [5, 5.41) is 7.89. The van der Waals surface area contributed by atoms with Crippen LogP contribution < -0.4 is 0 Å². The van der Waals surface area contributed by atoms with Gasteiger partial charge < -0.3 is 4.57 Å². The summed E-state index contributed by atoms with van der Waals surface area (Å²) in [6.45, 7) is 0. The van der Waals surface area contributed by atoms with Crippen LogP contribution in [0.3, 0.4) is 0 Å². The largest absolute Gasteiger partial charge is 0.307 e. The molecule has 0 saturated heterocycles. The maximum absolute atomic E-state index is 5.01. The molecule has 0 N–H and O–H groups in total. The lowest BCUT2D eigenvalue weighted by atomic mass is 10.0. The van der Waals surface area contributed by atoms with Crippen molar-refractivity contribution < 1.29 is 0 Å². The fourth-order valence-electron chi connectivity index (χ4n) is 6.43. The number of pyridine rings is 1. The van der Waals surface area contributed by atoms with E-state index in [1.807, 2.05) is 12.4 Å². The van der Waals surface area contributed by atoms with Gasteiger partial charge in [-0.05, 0) is 35.7 Å². The van der Waals surface area contributed by atoms with Crippen LogP contribution in [0.1, 0.15) is 0 Å². The number of para-hydroxylation sites is 3. The number of benzene rings is 5. The standard InChI is InChI=1S/C35H21N5/c1-2-12-24(13-3-1)39-28-16-8-6-14-25(28)31-27-20-36-21-38-33(27)32-26-15-7-9-17-29(26)40(35(32)34(31)39)30-18-22-10-4-5-11-23(22)19-37-30/h1-21H. The zero-order valence-corrected chi connectivity index (χ0v) is 21.4. The van der Waals surface area contributed by atoms with Crippen LogP contribution in [-0.4, -0.2) is 24.1 Å². The second-order valence-corrected chi connectivity index (χ2v) is 10.2. The lowest BCUT2D eigenvalue weighted by molar-refractivity contribution is 1.08. The second-order valence-electron chi connectivity index (χ2n) is 10.2. The van der Waals surface area contributed by atoms with Crippen molar-refractivity contribution in [3.05, 3.63) is 128 Å². The quantitative estimate of drug-likeness (QED) is 0.234. The van der Waals surface area contributed by atoms with Gasteiger partial charge in [0.25, 0.3) is 0 Å². The van der Waals surface area contributed by atoms with Crippen LogP contribution in [0.5, 0.6) is 0 Å². The Bertz CT molecular complexity index is 2430.